The minimum atomic E-state index is -1.84. The molecule has 0 spiro atoms. The molecule has 5 atom stereocenters. The lowest BCUT2D eigenvalue weighted by molar-refractivity contribution is -0.146. The predicted octanol–water partition coefficient (Wildman–Crippen LogP) is -1.54. The molecule has 5 unspecified atom stereocenters. The summed E-state index contributed by atoms with van der Waals surface area (Å²) in [6, 6.07) is -1.28. The van der Waals surface area contributed by atoms with Crippen molar-refractivity contribution in [1.82, 2.24) is 20.4 Å². The van der Waals surface area contributed by atoms with E-state index in [1.807, 2.05) is 0 Å². The minimum absolute atomic E-state index is 0.0942. The van der Waals surface area contributed by atoms with Gasteiger partial charge in [-0.1, -0.05) is 0 Å². The zero-order chi connectivity index (χ0) is 18.1. The fraction of sp³-hybridized carbons (Fsp3) is 0.733. The Morgan fingerprint density at radius 2 is 1.65 bits per heavy atom. The van der Waals surface area contributed by atoms with Crippen molar-refractivity contribution in [3.63, 3.8) is 0 Å². The summed E-state index contributed by atoms with van der Waals surface area (Å²) in [5.74, 6) is -2.44. The maximum atomic E-state index is 13.4. The van der Waals surface area contributed by atoms with Crippen LogP contribution in [0.4, 0.5) is 9.59 Å². The third-order valence-corrected chi connectivity index (χ3v) is 5.35. The van der Waals surface area contributed by atoms with E-state index in [4.69, 9.17) is 20.8 Å². The summed E-state index contributed by atoms with van der Waals surface area (Å²) in [6.45, 7) is 9.39. The number of ether oxygens (including phenoxy) is 3. The van der Waals surface area contributed by atoms with Crippen molar-refractivity contribution in [3.8, 4) is 0 Å². The first-order valence-electron chi connectivity index (χ1n) is 8.46. The third-order valence-electron chi connectivity index (χ3n) is 5.35. The van der Waals surface area contributed by atoms with Crippen LogP contribution in [0.25, 0.3) is 4.85 Å². The first kappa shape index (κ1) is 15.8. The highest BCUT2D eigenvalue weighted by Gasteiger charge is 2.79. The van der Waals surface area contributed by atoms with Gasteiger partial charge >= 0.3 is 17.8 Å². The van der Waals surface area contributed by atoms with E-state index in [1.54, 1.807) is 0 Å². The molecule has 5 fully saturated rings. The van der Waals surface area contributed by atoms with Crippen molar-refractivity contribution in [2.24, 2.45) is 0 Å². The maximum Gasteiger partial charge on any atom is 0.428 e. The molecule has 5 saturated heterocycles. The van der Waals surface area contributed by atoms with E-state index < -0.39 is 29.3 Å². The van der Waals surface area contributed by atoms with E-state index in [2.05, 4.69) is 15.5 Å². The average molecular weight is 363 g/mol. The van der Waals surface area contributed by atoms with Gasteiger partial charge in [0.15, 0.2) is 0 Å². The molecule has 5 rings (SSSR count). The molecule has 0 aromatic heterocycles. The quantitative estimate of drug-likeness (QED) is 0.436. The van der Waals surface area contributed by atoms with Crippen LogP contribution in [0.15, 0.2) is 0 Å². The number of hydrogen-bond acceptors (Lipinski definition) is 6. The monoisotopic (exact) mass is 363 g/mol. The molecule has 2 N–H and O–H groups in total. The molecule has 0 radical (unpaired) electrons. The van der Waals surface area contributed by atoms with Crippen LogP contribution < -0.4 is 10.6 Å². The van der Waals surface area contributed by atoms with Gasteiger partial charge in [0, 0.05) is 6.42 Å². The lowest BCUT2D eigenvalue weighted by Gasteiger charge is -2.47. The van der Waals surface area contributed by atoms with Gasteiger partial charge in [0.1, 0.15) is 0 Å². The number of imide groups is 1. The van der Waals surface area contributed by atoms with E-state index in [0.717, 1.165) is 4.90 Å². The zero-order valence-corrected chi connectivity index (χ0v) is 13.8. The number of carbonyl (C=O) groups is 3. The van der Waals surface area contributed by atoms with Crippen molar-refractivity contribution >= 4 is 18.0 Å². The molecule has 0 saturated carbocycles. The molecule has 11 nitrogen and oxygen atoms in total. The van der Waals surface area contributed by atoms with Gasteiger partial charge in [0.25, 0.3) is 5.91 Å². The molecular formula is C15H17N5O6. The summed E-state index contributed by atoms with van der Waals surface area (Å²) in [5.41, 5.74) is -1.61. The Kier molecular flexibility index (Phi) is 3.08. The predicted molar refractivity (Wildman–Crippen MR) is 81.4 cm³/mol. The van der Waals surface area contributed by atoms with Crippen molar-refractivity contribution in [3.05, 3.63) is 11.4 Å². The zero-order valence-electron chi connectivity index (χ0n) is 13.8. The summed E-state index contributed by atoms with van der Waals surface area (Å²) in [6.07, 6.45) is -0.546. The van der Waals surface area contributed by atoms with Crippen LogP contribution in [0, 0.1) is 6.57 Å². The largest absolute Gasteiger partial charge is 0.428 e. The number of epoxide rings is 3. The molecule has 0 bridgehead atoms. The lowest BCUT2D eigenvalue weighted by atomic mass is 9.82. The Labute approximate surface area is 148 Å². The van der Waals surface area contributed by atoms with E-state index in [0.29, 0.717) is 19.8 Å². The van der Waals surface area contributed by atoms with Gasteiger partial charge in [0.05, 0.1) is 51.2 Å². The first-order valence-corrected chi connectivity index (χ1v) is 8.46. The van der Waals surface area contributed by atoms with E-state index in [9.17, 15) is 14.4 Å². The number of nitrogens with zero attached hydrogens (tertiary/aromatic N) is 3. The standard InChI is InChI=1S/C15H17N5O6/c1-16-15-14(2-8-5-24-8,17-12(22)18-15)11(21)19(3-9-6-25-9)13(23)20(15)4-10-7-26-10/h8-10H,2-7H2,(H2,17,18,22). The smallest absolute Gasteiger partial charge is 0.373 e. The highest BCUT2D eigenvalue weighted by atomic mass is 16.6. The molecule has 0 aromatic rings. The molecule has 0 aromatic carbocycles. The van der Waals surface area contributed by atoms with Crippen LogP contribution in [-0.4, -0.2) is 90.3 Å². The normalized spacial score (nSPS) is 42.7. The highest BCUT2D eigenvalue weighted by molar-refractivity contribution is 6.08. The van der Waals surface area contributed by atoms with Gasteiger partial charge in [-0.05, 0) is 0 Å². The molecule has 11 heteroatoms. The molecule has 5 amide bonds. The minimum Gasteiger partial charge on any atom is -0.373 e. The Morgan fingerprint density at radius 3 is 2.23 bits per heavy atom. The highest BCUT2D eigenvalue weighted by Crippen LogP contribution is 2.44. The Morgan fingerprint density at radius 1 is 1.04 bits per heavy atom. The summed E-state index contributed by atoms with van der Waals surface area (Å²) < 4.78 is 15.7. The van der Waals surface area contributed by atoms with E-state index in [1.165, 1.54) is 4.90 Å². The third kappa shape index (κ3) is 2.13. The van der Waals surface area contributed by atoms with Crippen molar-refractivity contribution in [2.45, 2.75) is 36.1 Å². The van der Waals surface area contributed by atoms with Gasteiger partial charge in [0.2, 0.25) is 5.54 Å². The number of amides is 5. The van der Waals surface area contributed by atoms with Crippen molar-refractivity contribution in [1.29, 1.82) is 0 Å². The maximum absolute atomic E-state index is 13.4. The Balaban J connectivity index is 1.61. The molecular weight excluding hydrogens is 346 g/mol. The molecule has 5 heterocycles. The van der Waals surface area contributed by atoms with Crippen molar-refractivity contribution in [2.75, 3.05) is 32.9 Å². The fourth-order valence-electron chi connectivity index (χ4n) is 3.80. The topological polar surface area (TPSA) is 124 Å². The van der Waals surface area contributed by atoms with Crippen LogP contribution in [0.5, 0.6) is 0 Å². The Hall–Kier alpha value is -2.42. The molecule has 0 aliphatic carbocycles. The van der Waals surface area contributed by atoms with Gasteiger partial charge < -0.3 is 19.5 Å². The van der Waals surface area contributed by atoms with Crippen LogP contribution in [-0.2, 0) is 19.0 Å². The van der Waals surface area contributed by atoms with Crippen molar-refractivity contribution < 1.29 is 28.6 Å². The van der Waals surface area contributed by atoms with E-state index >= 15 is 0 Å². The van der Waals surface area contributed by atoms with Crippen LogP contribution in [0.3, 0.4) is 0 Å². The molecule has 26 heavy (non-hydrogen) atoms. The second kappa shape index (κ2) is 5.06. The number of carbonyl (C=O) groups excluding carboxylic acids is 3. The van der Waals surface area contributed by atoms with Gasteiger partial charge in [-0.2, -0.15) is 0 Å². The molecule has 5 aliphatic rings. The van der Waals surface area contributed by atoms with Crippen LogP contribution in [0.2, 0.25) is 0 Å². The fourth-order valence-corrected chi connectivity index (χ4v) is 3.80. The summed E-state index contributed by atoms with van der Waals surface area (Å²) in [7, 11) is 0. The van der Waals surface area contributed by atoms with Crippen LogP contribution >= 0.6 is 0 Å². The average Bonchev–Trinajstić information content (AvgIpc) is 3.45. The number of nitrogens with one attached hydrogen (secondary N) is 2. The van der Waals surface area contributed by atoms with Gasteiger partial charge in [-0.15, -0.1) is 0 Å². The molecule has 138 valence electrons. The number of fused-ring (bicyclic) bond motifs is 1. The first-order chi connectivity index (χ1) is 12.5. The van der Waals surface area contributed by atoms with Gasteiger partial charge in [-0.3, -0.25) is 14.5 Å². The van der Waals surface area contributed by atoms with Gasteiger partial charge in [-0.25, -0.2) is 26.4 Å². The summed E-state index contributed by atoms with van der Waals surface area (Å²) in [5, 5.41) is 5.18. The molecule has 5 aliphatic heterocycles. The number of urea groups is 2. The number of rotatable bonds is 6. The second-order valence-corrected chi connectivity index (χ2v) is 7.15. The Bertz CT molecular complexity index is 741. The van der Waals surface area contributed by atoms with Crippen LogP contribution in [0.1, 0.15) is 6.42 Å². The second-order valence-electron chi connectivity index (χ2n) is 7.15. The SMILES string of the molecule is [C-]#[N+]C12NC(=O)NC1(CC1CO1)C(=O)N(CC1CO1)C(=O)N2CC1CO1. The number of hydrogen-bond donors (Lipinski definition) is 2. The summed E-state index contributed by atoms with van der Waals surface area (Å²) >= 11 is 0. The summed E-state index contributed by atoms with van der Waals surface area (Å²) in [4.78, 5) is 44.6. The lowest BCUT2D eigenvalue weighted by Crippen LogP contribution is -2.80. The van der Waals surface area contributed by atoms with E-state index in [-0.39, 0.29) is 37.8 Å².